The molecule has 36 nitrogen and oxygen atoms in total. The lowest BCUT2D eigenvalue weighted by molar-refractivity contribution is -0.300. The fraction of sp³-hybridized carbons (Fsp3) is 0.945. The average molecular weight is 2080 g/mol. The summed E-state index contributed by atoms with van der Waals surface area (Å²) in [4.78, 5) is 61.7. The van der Waals surface area contributed by atoms with Crippen molar-refractivity contribution in [3.8, 4) is 0 Å². The normalized spacial score (nSPS) is 46.9. The van der Waals surface area contributed by atoms with E-state index in [1.807, 2.05) is 81.3 Å². The molecule has 145 heavy (non-hydrogen) atoms. The molecular weight excluding hydrogens is 1870 g/mol. The summed E-state index contributed by atoms with van der Waals surface area (Å²) >= 11 is 0. The fourth-order valence-electron chi connectivity index (χ4n) is 25.5. The fourth-order valence-corrected chi connectivity index (χ4v) is 25.5. The van der Waals surface area contributed by atoms with Crippen molar-refractivity contribution in [2.75, 3.05) is 74.8 Å². The van der Waals surface area contributed by atoms with Crippen LogP contribution in [0.15, 0.2) is 15.5 Å². The number of hydrogen-bond donors (Lipinski definition) is 14. The Hall–Kier alpha value is -4.14. The van der Waals surface area contributed by atoms with Gasteiger partial charge in [-0.1, -0.05) is 147 Å². The van der Waals surface area contributed by atoms with Crippen LogP contribution in [0.5, 0.6) is 0 Å². The van der Waals surface area contributed by atoms with Gasteiger partial charge in [-0.2, -0.15) is 0 Å². The maximum absolute atomic E-state index is 14.1. The van der Waals surface area contributed by atoms with Crippen LogP contribution in [0.3, 0.4) is 0 Å². The van der Waals surface area contributed by atoms with Crippen LogP contribution in [0, 0.1) is 99.6 Å². The number of aliphatic hydroxyl groups excluding tert-OH is 6. The molecule has 8 rings (SSSR count). The van der Waals surface area contributed by atoms with Gasteiger partial charge in [0.15, 0.2) is 18.9 Å². The molecule has 14 N–H and O–H groups in total. The highest BCUT2D eigenvalue weighted by molar-refractivity contribution is 5.90. The smallest absolute Gasteiger partial charge is 0.311 e. The SMILES string of the molecule is CC[C@H]1OC(=O)[C@H](C)[C@@H](O[C@H]2C[C@@](C)(OC)[C@@H](O)[C@H](C)O2)[C@H](C)[C@@H](C(C)(C)C)[C@](C)(O)C[C@@H](C)C(=NOC2CCCNC2)[C@H](C)[C@@H](O)[C@]1(C)O.CC[C@H]1OC(=O)[C@H](C)[C@@H](O[C@H]2C[C@@](C)(OC)[C@@H](O)[C@H](C)O2)[C@H](C)[C@@H](C(C)(C)C)[C@](C)(O)C[C@@H](C)C(=NOC2CCNC2)[C@H](C)[C@@H](O)[C@]1(C)O.CC[C@H]1OC(=O)[C@H](C)[C@@H](O[C@H]2C[C@@](C)(OC)[C@@H](O)[C@H](C)O2)[C@H](C)[C@@H](C)[C@](C)(O)C[C@@H](C)C(=NOCCN(C)C)[C@H](C)[C@@H](O)[C@]1(C)O. The Morgan fingerprint density at radius 2 is 0.683 bits per heavy atom. The van der Waals surface area contributed by atoms with Crippen molar-refractivity contribution in [1.29, 1.82) is 0 Å². The highest BCUT2D eigenvalue weighted by Gasteiger charge is 2.60. The van der Waals surface area contributed by atoms with Crippen molar-refractivity contribution < 1.29 is 147 Å². The van der Waals surface area contributed by atoms with Crippen LogP contribution in [0.4, 0.5) is 0 Å². The van der Waals surface area contributed by atoms with Crippen molar-refractivity contribution in [2.24, 2.45) is 115 Å². The number of nitrogens with zero attached hydrogens (tertiary/aromatic N) is 4. The van der Waals surface area contributed by atoms with Crippen molar-refractivity contribution in [3.05, 3.63) is 0 Å². The molecule has 0 radical (unpaired) electrons. The highest BCUT2D eigenvalue weighted by Crippen LogP contribution is 2.52. The van der Waals surface area contributed by atoms with Crippen LogP contribution in [0.2, 0.25) is 0 Å². The van der Waals surface area contributed by atoms with Crippen molar-refractivity contribution >= 4 is 35.0 Å². The van der Waals surface area contributed by atoms with E-state index in [1.165, 1.54) is 42.1 Å². The van der Waals surface area contributed by atoms with Crippen LogP contribution in [-0.2, 0) is 85.7 Å². The summed E-state index contributed by atoms with van der Waals surface area (Å²) in [5.74, 6) is -9.99. The number of ether oxygens (including phenoxy) is 12. The van der Waals surface area contributed by atoms with Crippen LogP contribution in [0.25, 0.3) is 0 Å². The zero-order valence-corrected chi connectivity index (χ0v) is 95.9. The molecule has 848 valence electrons. The monoisotopic (exact) mass is 2080 g/mol. The van der Waals surface area contributed by atoms with E-state index in [-0.39, 0.29) is 99.6 Å². The predicted octanol–water partition coefficient (Wildman–Crippen LogP) is 11.0. The molecule has 0 amide bonds. The number of carbonyl (C=O) groups excluding carboxylic acids is 3. The third-order valence-corrected chi connectivity index (χ3v) is 34.3. The number of cyclic esters (lactones) is 3. The number of likely N-dealkylation sites (N-methyl/N-ethyl adjacent to an activating group) is 1. The minimum absolute atomic E-state index is 0.130. The lowest BCUT2D eigenvalue weighted by Crippen LogP contribution is -2.59. The summed E-state index contributed by atoms with van der Waals surface area (Å²) in [6.07, 6.45) is -12.1. The molecule has 0 spiro atoms. The largest absolute Gasteiger partial charge is 0.459 e. The first-order valence-electron chi connectivity index (χ1n) is 54.0. The maximum Gasteiger partial charge on any atom is 0.311 e. The molecule has 0 aromatic rings. The molecule has 8 aliphatic rings. The Bertz CT molecular complexity index is 4060. The number of methoxy groups -OCH3 is 3. The minimum Gasteiger partial charge on any atom is -0.459 e. The molecule has 0 saturated carbocycles. The van der Waals surface area contributed by atoms with Gasteiger partial charge in [-0.25, -0.2) is 0 Å². The molecule has 8 heterocycles. The summed E-state index contributed by atoms with van der Waals surface area (Å²) in [6, 6.07) is 0. The van der Waals surface area contributed by atoms with Gasteiger partial charge < -0.3 is 148 Å². The van der Waals surface area contributed by atoms with Gasteiger partial charge in [0.2, 0.25) is 0 Å². The Balaban J connectivity index is 0.000000333. The summed E-state index contributed by atoms with van der Waals surface area (Å²) in [5.41, 5.74) is -11.7. The van der Waals surface area contributed by atoms with E-state index in [0.717, 1.165) is 32.4 Å². The number of rotatable bonds is 20. The molecule has 0 aliphatic carbocycles. The number of nitrogens with one attached hydrogen (secondary N) is 2. The summed E-state index contributed by atoms with van der Waals surface area (Å²) < 4.78 is 73.6. The predicted molar refractivity (Wildman–Crippen MR) is 553 cm³/mol. The van der Waals surface area contributed by atoms with Crippen molar-refractivity contribution in [1.82, 2.24) is 15.5 Å². The molecule has 36 heteroatoms. The van der Waals surface area contributed by atoms with Crippen LogP contribution in [0.1, 0.15) is 312 Å². The lowest BCUT2D eigenvalue weighted by atomic mass is 9.60. The first kappa shape index (κ1) is 130. The Kier molecular flexibility index (Phi) is 47.2. The number of esters is 3. The average Bonchev–Trinajstić information content (AvgIpc) is 0.786. The number of piperidine rings is 1. The van der Waals surface area contributed by atoms with E-state index in [2.05, 4.69) is 67.6 Å². The van der Waals surface area contributed by atoms with Gasteiger partial charge in [-0.3, -0.25) is 14.4 Å². The minimum atomic E-state index is -1.85. The molecule has 2 unspecified atom stereocenters. The molecule has 44 atom stereocenters. The summed E-state index contributed by atoms with van der Waals surface area (Å²) in [5, 5.41) is 161. The van der Waals surface area contributed by atoms with Crippen LogP contribution in [-0.4, -0.2) is 349 Å². The topological polar surface area (TPSA) is 497 Å². The second-order valence-electron chi connectivity index (χ2n) is 49.3. The van der Waals surface area contributed by atoms with E-state index < -0.39 is 249 Å². The maximum atomic E-state index is 14.1. The van der Waals surface area contributed by atoms with Gasteiger partial charge in [-0.05, 0) is 229 Å². The molecule has 0 aromatic heterocycles. The standard InChI is InChI=1S/C38H70N2O10.C37H68N2O10.C34H64N2O10/c1-14-27-38(12,45)32(41)22(3)29(40-50-26-16-15-17-39-20-26)21(2)18-36(10,44)31(35(7,8)9)23(4)30(24(5)34(43)48-27)49-28-19-37(11,46-13)33(42)25(6)47-28;1-14-26-37(12,44)31(40)21(3)28(39-49-25-15-16-38-19-25)20(2)17-35(10,43)30(34(7,8)9)22(4)29(23(5)33(42)47-26)48-27-18-36(11,45-13)32(41)24(6)46-27;1-14-25-34(10,41)29(37)21(4)27(35-43-16-15-36(11)12)19(2)17-32(8,40)23(6)20(3)28(22(5)31(39)45-25)46-26-18-33(9,42-13)30(38)24(7)44-26/h21-28,30-33,39,41-42,44-45H,14-20H2,1-13H3;20-27,29-32,38,40-41,43-44H,14-19H2,1-13H3;19-26,28-30,37-38,40-41H,14-18H2,1-13H3/t21-,22+,23+,24-,25+,26?,27-,28+,30+,31+,32-,33+,36-,37-,38-;20-,21+,22+,23-,24+,25?,26-,27+,29+,30+,31-,32+,35-,36-,37-;19-,20-,21+,22-,23-,24+,25-,26+,28+,29-,30+,32-,33-,34-/m111/s1. The van der Waals surface area contributed by atoms with Crippen molar-refractivity contribution in [3.63, 3.8) is 0 Å². The first-order chi connectivity index (χ1) is 66.7. The first-order valence-corrected chi connectivity index (χ1v) is 54.0. The molecule has 0 bridgehead atoms. The number of hydrogen-bond acceptors (Lipinski definition) is 36. The third kappa shape index (κ3) is 31.9. The Morgan fingerprint density at radius 1 is 0.393 bits per heavy atom. The number of aliphatic hydroxyl groups is 12. The van der Waals surface area contributed by atoms with E-state index in [1.54, 1.807) is 111 Å². The zero-order chi connectivity index (χ0) is 111. The molecular formula is C109H202N6O30. The lowest BCUT2D eigenvalue weighted by Gasteiger charge is -2.51. The van der Waals surface area contributed by atoms with E-state index >= 15 is 0 Å². The molecule has 8 aliphatic heterocycles. The molecule has 8 fully saturated rings. The summed E-state index contributed by atoms with van der Waals surface area (Å²) in [6.45, 7) is 66.4. The Labute approximate surface area is 868 Å². The highest BCUT2D eigenvalue weighted by atomic mass is 16.7. The van der Waals surface area contributed by atoms with E-state index in [0.29, 0.717) is 43.4 Å². The van der Waals surface area contributed by atoms with E-state index in [9.17, 15) is 75.7 Å². The van der Waals surface area contributed by atoms with Crippen LogP contribution < -0.4 is 10.6 Å². The van der Waals surface area contributed by atoms with Crippen molar-refractivity contribution in [2.45, 2.75) is 486 Å². The van der Waals surface area contributed by atoms with E-state index in [4.69, 9.17) is 71.4 Å². The van der Waals surface area contributed by atoms with Gasteiger partial charge in [0.1, 0.15) is 72.2 Å². The summed E-state index contributed by atoms with van der Waals surface area (Å²) in [7, 11) is 8.45. The van der Waals surface area contributed by atoms with Gasteiger partial charge in [-0.15, -0.1) is 0 Å². The second kappa shape index (κ2) is 52.9. The molecule has 8 saturated heterocycles. The second-order valence-corrected chi connectivity index (χ2v) is 49.3. The van der Waals surface area contributed by atoms with Gasteiger partial charge >= 0.3 is 17.9 Å². The van der Waals surface area contributed by atoms with Gasteiger partial charge in [0, 0.05) is 102 Å². The quantitative estimate of drug-likeness (QED) is 0.0233. The van der Waals surface area contributed by atoms with Crippen LogP contribution >= 0.6 is 0 Å². The number of oxime groups is 3. The van der Waals surface area contributed by atoms with Gasteiger partial charge in [0.25, 0.3) is 0 Å². The zero-order valence-electron chi connectivity index (χ0n) is 95.9. The Morgan fingerprint density at radius 3 is 0.952 bits per heavy atom. The number of carbonyl (C=O) groups is 3. The molecule has 0 aromatic carbocycles. The third-order valence-electron chi connectivity index (χ3n) is 34.3. The van der Waals surface area contributed by atoms with Gasteiger partial charge in [0.05, 0.1) is 123 Å².